The van der Waals surface area contributed by atoms with Gasteiger partial charge in [-0.1, -0.05) is 37.3 Å². The van der Waals surface area contributed by atoms with Crippen molar-refractivity contribution in [3.05, 3.63) is 47.5 Å². The molecule has 2 rings (SSSR count). The van der Waals surface area contributed by atoms with Crippen LogP contribution in [0.2, 0.25) is 0 Å². The third-order valence-corrected chi connectivity index (χ3v) is 3.41. The normalized spacial score (nSPS) is 12.9. The van der Waals surface area contributed by atoms with Gasteiger partial charge < -0.3 is 10.3 Å². The predicted octanol–water partition coefficient (Wildman–Crippen LogP) is 2.86. The highest BCUT2D eigenvalue weighted by molar-refractivity contribution is 5.26. The van der Waals surface area contributed by atoms with Gasteiger partial charge >= 0.3 is 0 Å². The van der Waals surface area contributed by atoms with Crippen LogP contribution in [0, 0.1) is 0 Å². The van der Waals surface area contributed by atoms with Crippen LogP contribution in [0.25, 0.3) is 0 Å². The first kappa shape index (κ1) is 13.7. The smallest absolute Gasteiger partial charge is 0.147 e. The van der Waals surface area contributed by atoms with Crippen LogP contribution in [0.5, 0.6) is 0 Å². The zero-order valence-electron chi connectivity index (χ0n) is 11.9. The third kappa shape index (κ3) is 2.68. The molecule has 0 radical (unpaired) electrons. The molecule has 0 aliphatic carbocycles. The van der Waals surface area contributed by atoms with Crippen molar-refractivity contribution in [1.82, 2.24) is 14.8 Å². The molecule has 0 amide bonds. The summed E-state index contributed by atoms with van der Waals surface area (Å²) in [5.74, 6) is 2.15. The number of benzene rings is 1. The van der Waals surface area contributed by atoms with Crippen molar-refractivity contribution >= 4 is 0 Å². The summed E-state index contributed by atoms with van der Waals surface area (Å²) in [7, 11) is 0. The van der Waals surface area contributed by atoms with Gasteiger partial charge in [0.1, 0.15) is 11.6 Å². The lowest BCUT2D eigenvalue weighted by atomic mass is 9.95. The number of hydrogen-bond donors (Lipinski definition) is 1. The molecular weight excluding hydrogens is 236 g/mol. The Bertz CT molecular complexity index is 516. The Balaban J connectivity index is 2.47. The molecular formula is C15H22N4. The molecule has 1 heterocycles. The largest absolute Gasteiger partial charge is 0.324 e. The molecule has 0 saturated heterocycles. The van der Waals surface area contributed by atoms with Crippen LogP contribution in [0.15, 0.2) is 30.3 Å². The minimum Gasteiger partial charge on any atom is -0.324 e. The van der Waals surface area contributed by atoms with Crippen LogP contribution in [0.4, 0.5) is 0 Å². The summed E-state index contributed by atoms with van der Waals surface area (Å²) in [5.41, 5.74) is 7.04. The Hall–Kier alpha value is -1.68. The van der Waals surface area contributed by atoms with Gasteiger partial charge in [0.2, 0.25) is 0 Å². The predicted molar refractivity (Wildman–Crippen MR) is 76.9 cm³/mol. The Morgan fingerprint density at radius 1 is 1.16 bits per heavy atom. The summed E-state index contributed by atoms with van der Waals surface area (Å²) in [5, 5.41) is 8.63. The van der Waals surface area contributed by atoms with Gasteiger partial charge in [-0.25, -0.2) is 0 Å². The van der Waals surface area contributed by atoms with Gasteiger partial charge in [0.05, 0.1) is 6.54 Å². The Labute approximate surface area is 114 Å². The molecule has 0 saturated carbocycles. The van der Waals surface area contributed by atoms with Crippen molar-refractivity contribution in [3.63, 3.8) is 0 Å². The van der Waals surface area contributed by atoms with Crippen LogP contribution in [0.3, 0.4) is 0 Å². The average molecular weight is 258 g/mol. The highest BCUT2D eigenvalue weighted by atomic mass is 15.3. The maximum absolute atomic E-state index is 5.76. The van der Waals surface area contributed by atoms with Gasteiger partial charge in [-0.15, -0.1) is 10.2 Å². The number of rotatable bonds is 5. The second kappa shape index (κ2) is 5.97. The molecule has 19 heavy (non-hydrogen) atoms. The van der Waals surface area contributed by atoms with E-state index in [9.17, 15) is 0 Å². The van der Waals surface area contributed by atoms with E-state index in [1.807, 2.05) is 6.07 Å². The summed E-state index contributed by atoms with van der Waals surface area (Å²) in [6.45, 7) is 6.89. The number of nitrogens with two attached hydrogens (primary N) is 1. The van der Waals surface area contributed by atoms with E-state index >= 15 is 0 Å². The fourth-order valence-electron chi connectivity index (χ4n) is 2.53. The fourth-order valence-corrected chi connectivity index (χ4v) is 2.53. The minimum absolute atomic E-state index is 0.274. The van der Waals surface area contributed by atoms with E-state index in [1.54, 1.807) is 0 Å². The van der Waals surface area contributed by atoms with Crippen molar-refractivity contribution in [2.45, 2.75) is 45.7 Å². The molecule has 2 N–H and O–H groups in total. The van der Waals surface area contributed by atoms with Crippen LogP contribution in [-0.2, 0) is 6.54 Å². The Morgan fingerprint density at radius 3 is 2.37 bits per heavy atom. The molecule has 1 aromatic heterocycles. The number of aromatic nitrogens is 3. The van der Waals surface area contributed by atoms with Crippen molar-refractivity contribution < 1.29 is 0 Å². The first-order chi connectivity index (χ1) is 9.19. The molecule has 1 aromatic carbocycles. The first-order valence-corrected chi connectivity index (χ1v) is 6.87. The SMILES string of the molecule is CCC(c1ccccc1)c1nnc(CN)n1C(C)C. The lowest BCUT2D eigenvalue weighted by molar-refractivity contribution is 0.523. The Morgan fingerprint density at radius 2 is 1.84 bits per heavy atom. The van der Waals surface area contributed by atoms with Crippen molar-refractivity contribution in [2.24, 2.45) is 5.73 Å². The summed E-state index contributed by atoms with van der Waals surface area (Å²) in [4.78, 5) is 0. The fraction of sp³-hybridized carbons (Fsp3) is 0.467. The zero-order valence-corrected chi connectivity index (χ0v) is 11.9. The van der Waals surface area contributed by atoms with E-state index in [1.165, 1.54) is 5.56 Å². The van der Waals surface area contributed by atoms with E-state index in [0.29, 0.717) is 12.6 Å². The molecule has 0 bridgehead atoms. The van der Waals surface area contributed by atoms with Gasteiger partial charge in [-0.3, -0.25) is 0 Å². The van der Waals surface area contributed by atoms with Gasteiger partial charge in [0.25, 0.3) is 0 Å². The van der Waals surface area contributed by atoms with E-state index in [-0.39, 0.29) is 5.92 Å². The summed E-state index contributed by atoms with van der Waals surface area (Å²) >= 11 is 0. The van der Waals surface area contributed by atoms with E-state index in [4.69, 9.17) is 5.73 Å². The number of hydrogen-bond acceptors (Lipinski definition) is 3. The molecule has 1 unspecified atom stereocenters. The summed E-state index contributed by atoms with van der Waals surface area (Å²) < 4.78 is 2.17. The highest BCUT2D eigenvalue weighted by Crippen LogP contribution is 2.28. The second-order valence-electron chi connectivity index (χ2n) is 5.01. The van der Waals surface area contributed by atoms with Crippen LogP contribution < -0.4 is 5.73 Å². The standard InChI is InChI=1S/C15H22N4/c1-4-13(12-8-6-5-7-9-12)15-18-17-14(10-16)19(15)11(2)3/h5-9,11,13H,4,10,16H2,1-3H3. The van der Waals surface area contributed by atoms with Gasteiger partial charge in [0, 0.05) is 12.0 Å². The summed E-state index contributed by atoms with van der Waals surface area (Å²) in [6.07, 6.45) is 0.999. The Kier molecular flexibility index (Phi) is 4.32. The molecule has 4 heteroatoms. The van der Waals surface area contributed by atoms with E-state index in [2.05, 4.69) is 59.8 Å². The topological polar surface area (TPSA) is 56.7 Å². The van der Waals surface area contributed by atoms with Gasteiger partial charge in [-0.05, 0) is 25.8 Å². The van der Waals surface area contributed by atoms with Crippen LogP contribution in [-0.4, -0.2) is 14.8 Å². The van der Waals surface area contributed by atoms with Crippen molar-refractivity contribution in [1.29, 1.82) is 0 Å². The molecule has 0 aliphatic heterocycles. The lowest BCUT2D eigenvalue weighted by Crippen LogP contribution is -2.16. The second-order valence-corrected chi connectivity index (χ2v) is 5.01. The maximum atomic E-state index is 5.76. The molecule has 2 aromatic rings. The third-order valence-electron chi connectivity index (χ3n) is 3.41. The monoisotopic (exact) mass is 258 g/mol. The quantitative estimate of drug-likeness (QED) is 0.897. The highest BCUT2D eigenvalue weighted by Gasteiger charge is 2.22. The lowest BCUT2D eigenvalue weighted by Gasteiger charge is -2.19. The van der Waals surface area contributed by atoms with Gasteiger partial charge in [-0.2, -0.15) is 0 Å². The van der Waals surface area contributed by atoms with E-state index in [0.717, 1.165) is 18.1 Å². The molecule has 0 spiro atoms. The molecule has 4 nitrogen and oxygen atoms in total. The average Bonchev–Trinajstić information content (AvgIpc) is 2.85. The first-order valence-electron chi connectivity index (χ1n) is 6.87. The molecule has 1 atom stereocenters. The van der Waals surface area contributed by atoms with Crippen molar-refractivity contribution in [3.8, 4) is 0 Å². The maximum Gasteiger partial charge on any atom is 0.147 e. The minimum atomic E-state index is 0.274. The molecule has 0 aliphatic rings. The number of nitrogens with zero attached hydrogens (tertiary/aromatic N) is 3. The summed E-state index contributed by atoms with van der Waals surface area (Å²) in [6, 6.07) is 10.8. The van der Waals surface area contributed by atoms with Gasteiger partial charge in [0.15, 0.2) is 0 Å². The van der Waals surface area contributed by atoms with Crippen molar-refractivity contribution in [2.75, 3.05) is 0 Å². The van der Waals surface area contributed by atoms with Crippen LogP contribution in [0.1, 0.15) is 56.4 Å². The molecule has 102 valence electrons. The molecule has 0 fully saturated rings. The van der Waals surface area contributed by atoms with E-state index < -0.39 is 0 Å². The zero-order chi connectivity index (χ0) is 13.8. The van der Waals surface area contributed by atoms with Crippen LogP contribution >= 0.6 is 0 Å².